The molecule has 0 aliphatic carbocycles. The summed E-state index contributed by atoms with van der Waals surface area (Å²) in [6, 6.07) is 21.1. The van der Waals surface area contributed by atoms with Gasteiger partial charge in [0, 0.05) is 39.8 Å². The van der Waals surface area contributed by atoms with Crippen molar-refractivity contribution in [1.82, 2.24) is 9.97 Å². The van der Waals surface area contributed by atoms with Crippen molar-refractivity contribution in [2.45, 2.75) is 19.4 Å². The SMILES string of the molecule is CC(C)(O)c1cnccc1-c1cc2[nH]c3ccccc3c2c2ccccc12. The third kappa shape index (κ3) is 2.43. The number of aliphatic hydroxyl groups is 1. The molecule has 5 aromatic rings. The molecule has 0 radical (unpaired) electrons. The van der Waals surface area contributed by atoms with E-state index in [1.54, 1.807) is 26.2 Å². The van der Waals surface area contributed by atoms with Crippen molar-refractivity contribution in [2.24, 2.45) is 0 Å². The van der Waals surface area contributed by atoms with Gasteiger partial charge in [0.2, 0.25) is 0 Å². The number of hydrogen-bond donors (Lipinski definition) is 2. The molecule has 3 heteroatoms. The normalized spacial score (nSPS) is 12.3. The van der Waals surface area contributed by atoms with Crippen LogP contribution in [0.25, 0.3) is 43.7 Å². The number of hydrogen-bond acceptors (Lipinski definition) is 2. The zero-order valence-electron chi connectivity index (χ0n) is 15.3. The molecule has 5 rings (SSSR count). The first-order chi connectivity index (χ1) is 13.0. The number of aromatic amines is 1. The molecule has 0 bridgehead atoms. The van der Waals surface area contributed by atoms with Gasteiger partial charge in [-0.3, -0.25) is 4.98 Å². The summed E-state index contributed by atoms with van der Waals surface area (Å²) >= 11 is 0. The molecule has 2 aromatic heterocycles. The van der Waals surface area contributed by atoms with Crippen LogP contribution in [0.3, 0.4) is 0 Å². The topological polar surface area (TPSA) is 48.9 Å². The third-order valence-electron chi connectivity index (χ3n) is 5.28. The zero-order valence-corrected chi connectivity index (χ0v) is 15.3. The summed E-state index contributed by atoms with van der Waals surface area (Å²) in [5.74, 6) is 0. The highest BCUT2D eigenvalue weighted by molar-refractivity contribution is 6.23. The number of nitrogens with zero attached hydrogens (tertiary/aromatic N) is 1. The Morgan fingerprint density at radius 2 is 1.52 bits per heavy atom. The van der Waals surface area contributed by atoms with Gasteiger partial charge in [0.15, 0.2) is 0 Å². The van der Waals surface area contributed by atoms with E-state index in [0.717, 1.165) is 27.7 Å². The van der Waals surface area contributed by atoms with E-state index in [1.807, 2.05) is 6.07 Å². The number of para-hydroxylation sites is 1. The molecule has 0 fully saturated rings. The molecule has 0 amide bonds. The van der Waals surface area contributed by atoms with Gasteiger partial charge in [0.25, 0.3) is 0 Å². The van der Waals surface area contributed by atoms with E-state index >= 15 is 0 Å². The fraction of sp³-hybridized carbons (Fsp3) is 0.125. The lowest BCUT2D eigenvalue weighted by Crippen LogP contribution is -2.17. The lowest BCUT2D eigenvalue weighted by molar-refractivity contribution is 0.0788. The van der Waals surface area contributed by atoms with E-state index in [2.05, 4.69) is 64.6 Å². The van der Waals surface area contributed by atoms with E-state index in [0.29, 0.717) is 0 Å². The second-order valence-corrected chi connectivity index (χ2v) is 7.54. The van der Waals surface area contributed by atoms with Gasteiger partial charge in [-0.1, -0.05) is 42.5 Å². The van der Waals surface area contributed by atoms with Crippen molar-refractivity contribution in [1.29, 1.82) is 0 Å². The molecular weight excluding hydrogens is 332 g/mol. The minimum absolute atomic E-state index is 0.825. The van der Waals surface area contributed by atoms with Gasteiger partial charge < -0.3 is 10.1 Å². The Hall–Kier alpha value is -3.17. The van der Waals surface area contributed by atoms with Crippen molar-refractivity contribution in [3.63, 3.8) is 0 Å². The molecule has 132 valence electrons. The largest absolute Gasteiger partial charge is 0.386 e. The van der Waals surface area contributed by atoms with Crippen LogP contribution in [-0.2, 0) is 5.60 Å². The van der Waals surface area contributed by atoms with Crippen LogP contribution in [0, 0.1) is 0 Å². The lowest BCUT2D eigenvalue weighted by Gasteiger charge is -2.22. The molecule has 3 aromatic carbocycles. The van der Waals surface area contributed by atoms with Crippen LogP contribution in [0.4, 0.5) is 0 Å². The molecule has 0 spiro atoms. The summed E-state index contributed by atoms with van der Waals surface area (Å²) < 4.78 is 0. The molecule has 0 aliphatic heterocycles. The van der Waals surface area contributed by atoms with E-state index in [9.17, 15) is 5.11 Å². The first-order valence-corrected chi connectivity index (χ1v) is 9.13. The second kappa shape index (κ2) is 5.66. The third-order valence-corrected chi connectivity index (χ3v) is 5.28. The lowest BCUT2D eigenvalue weighted by atomic mass is 9.88. The Bertz CT molecular complexity index is 1310. The van der Waals surface area contributed by atoms with Gasteiger partial charge in [0.1, 0.15) is 0 Å². The molecule has 0 atom stereocenters. The van der Waals surface area contributed by atoms with Crippen molar-refractivity contribution < 1.29 is 5.11 Å². The van der Waals surface area contributed by atoms with E-state index in [-0.39, 0.29) is 0 Å². The molecule has 2 N–H and O–H groups in total. The zero-order chi connectivity index (χ0) is 18.6. The number of pyridine rings is 1. The molecule has 0 saturated carbocycles. The molecular formula is C24H20N2O. The monoisotopic (exact) mass is 352 g/mol. The van der Waals surface area contributed by atoms with Crippen LogP contribution in [0.5, 0.6) is 0 Å². The predicted octanol–water partition coefficient (Wildman–Crippen LogP) is 5.76. The van der Waals surface area contributed by atoms with Gasteiger partial charge in [-0.05, 0) is 53.9 Å². The maximum absolute atomic E-state index is 10.7. The van der Waals surface area contributed by atoms with Crippen molar-refractivity contribution in [2.75, 3.05) is 0 Å². The summed E-state index contributed by atoms with van der Waals surface area (Å²) in [6.45, 7) is 3.61. The van der Waals surface area contributed by atoms with Gasteiger partial charge in [-0.2, -0.15) is 0 Å². The fourth-order valence-corrected chi connectivity index (χ4v) is 4.06. The summed E-state index contributed by atoms with van der Waals surface area (Å²) in [4.78, 5) is 7.81. The Kier molecular flexibility index (Phi) is 3.36. The summed E-state index contributed by atoms with van der Waals surface area (Å²) in [6.07, 6.45) is 3.55. The average Bonchev–Trinajstić information content (AvgIpc) is 3.05. The fourth-order valence-electron chi connectivity index (χ4n) is 4.06. The van der Waals surface area contributed by atoms with Gasteiger partial charge in [-0.25, -0.2) is 0 Å². The highest BCUT2D eigenvalue weighted by Crippen LogP contribution is 2.40. The first kappa shape index (κ1) is 16.0. The van der Waals surface area contributed by atoms with Gasteiger partial charge in [-0.15, -0.1) is 0 Å². The predicted molar refractivity (Wildman–Crippen MR) is 112 cm³/mol. The minimum Gasteiger partial charge on any atom is -0.386 e. The summed E-state index contributed by atoms with van der Waals surface area (Å²) in [5.41, 5.74) is 4.19. The smallest absolute Gasteiger partial charge is 0.0861 e. The Morgan fingerprint density at radius 3 is 2.30 bits per heavy atom. The number of fused-ring (bicyclic) bond motifs is 5. The van der Waals surface area contributed by atoms with Crippen LogP contribution in [0.1, 0.15) is 19.4 Å². The number of rotatable bonds is 2. The minimum atomic E-state index is -0.972. The molecule has 0 aliphatic rings. The van der Waals surface area contributed by atoms with E-state index < -0.39 is 5.60 Å². The highest BCUT2D eigenvalue weighted by atomic mass is 16.3. The van der Waals surface area contributed by atoms with Crippen LogP contribution < -0.4 is 0 Å². The quantitative estimate of drug-likeness (QED) is 0.424. The Morgan fingerprint density at radius 1 is 0.815 bits per heavy atom. The number of benzene rings is 3. The maximum atomic E-state index is 10.7. The Labute approximate surface area is 157 Å². The number of nitrogens with one attached hydrogen (secondary N) is 1. The van der Waals surface area contributed by atoms with E-state index in [1.165, 1.54) is 21.5 Å². The molecule has 0 saturated heterocycles. The van der Waals surface area contributed by atoms with Crippen molar-refractivity contribution in [3.05, 3.63) is 78.6 Å². The summed E-state index contributed by atoms with van der Waals surface area (Å²) in [5, 5.41) is 15.5. The van der Waals surface area contributed by atoms with Crippen LogP contribution in [-0.4, -0.2) is 15.1 Å². The van der Waals surface area contributed by atoms with Crippen molar-refractivity contribution >= 4 is 32.6 Å². The molecule has 27 heavy (non-hydrogen) atoms. The number of aromatic nitrogens is 2. The second-order valence-electron chi connectivity index (χ2n) is 7.54. The van der Waals surface area contributed by atoms with Gasteiger partial charge in [0.05, 0.1) is 5.60 Å². The average molecular weight is 352 g/mol. The van der Waals surface area contributed by atoms with E-state index in [4.69, 9.17) is 0 Å². The highest BCUT2D eigenvalue weighted by Gasteiger charge is 2.22. The Balaban J connectivity index is 1.96. The van der Waals surface area contributed by atoms with Crippen LogP contribution in [0.15, 0.2) is 73.1 Å². The van der Waals surface area contributed by atoms with Gasteiger partial charge >= 0.3 is 0 Å². The first-order valence-electron chi connectivity index (χ1n) is 9.13. The number of H-pyrrole nitrogens is 1. The van der Waals surface area contributed by atoms with Crippen LogP contribution in [0.2, 0.25) is 0 Å². The standard InChI is InChI=1S/C24H20N2O/c1-24(2,27)20-14-25-12-11-16(20)19-13-22-23(17-8-4-3-7-15(17)19)18-9-5-6-10-21(18)26-22/h3-14,26-27H,1-2H3. The van der Waals surface area contributed by atoms with Crippen molar-refractivity contribution in [3.8, 4) is 11.1 Å². The maximum Gasteiger partial charge on any atom is 0.0861 e. The summed E-state index contributed by atoms with van der Waals surface area (Å²) in [7, 11) is 0. The molecule has 0 unspecified atom stereocenters. The van der Waals surface area contributed by atoms with Crippen LogP contribution >= 0.6 is 0 Å². The molecule has 2 heterocycles. The molecule has 3 nitrogen and oxygen atoms in total.